The predicted molar refractivity (Wildman–Crippen MR) is 81.1 cm³/mol. The van der Waals surface area contributed by atoms with Crippen LogP contribution in [0.2, 0.25) is 0 Å². The molecule has 1 aromatic carbocycles. The summed E-state index contributed by atoms with van der Waals surface area (Å²) in [7, 11) is -4.00. The minimum Gasteiger partial charge on any atom is -0.459 e. The lowest BCUT2D eigenvalue weighted by Crippen LogP contribution is -2.30. The molecule has 0 saturated heterocycles. The number of hydrogen-bond donors (Lipinski definition) is 1. The van der Waals surface area contributed by atoms with Crippen LogP contribution in [0.1, 0.15) is 16.1 Å². The molecule has 1 amide bonds. The number of nitrogens with one attached hydrogen (secondary N) is 1. The normalized spacial score (nSPS) is 11.3. The number of hydrogen-bond acceptors (Lipinski definition) is 5. The van der Waals surface area contributed by atoms with Crippen molar-refractivity contribution in [1.29, 1.82) is 0 Å². The molecule has 7 nitrogen and oxygen atoms in total. The standard InChI is InChI=1S/C15H13N3O4S/c19-15(14-7-4-8-22-14)17-23(20,21)13-9-16-18(11-13)10-12-5-2-1-3-6-12/h1-9,11H,10H2,(H,17,19). The summed E-state index contributed by atoms with van der Waals surface area (Å²) in [4.78, 5) is 11.7. The molecule has 23 heavy (non-hydrogen) atoms. The summed E-state index contributed by atoms with van der Waals surface area (Å²) in [6, 6.07) is 12.4. The molecule has 2 aromatic heterocycles. The monoisotopic (exact) mass is 331 g/mol. The Morgan fingerprint density at radius 1 is 1.17 bits per heavy atom. The first-order valence-electron chi connectivity index (χ1n) is 6.72. The van der Waals surface area contributed by atoms with Crippen molar-refractivity contribution < 1.29 is 17.6 Å². The number of furan rings is 1. The summed E-state index contributed by atoms with van der Waals surface area (Å²) in [5.74, 6) is -0.906. The number of carbonyl (C=O) groups excluding carboxylic acids is 1. The number of carbonyl (C=O) groups is 1. The van der Waals surface area contributed by atoms with Crippen LogP contribution in [0, 0.1) is 0 Å². The van der Waals surface area contributed by atoms with Gasteiger partial charge in [0.1, 0.15) is 4.90 Å². The van der Waals surface area contributed by atoms with E-state index in [1.807, 2.05) is 35.1 Å². The Morgan fingerprint density at radius 2 is 1.96 bits per heavy atom. The highest BCUT2D eigenvalue weighted by Crippen LogP contribution is 2.10. The summed E-state index contributed by atoms with van der Waals surface area (Å²) in [5.41, 5.74) is 0.985. The molecule has 0 aliphatic carbocycles. The lowest BCUT2D eigenvalue weighted by Gasteiger charge is -2.03. The van der Waals surface area contributed by atoms with Crippen molar-refractivity contribution >= 4 is 15.9 Å². The molecule has 0 bridgehead atoms. The van der Waals surface area contributed by atoms with Crippen LogP contribution < -0.4 is 4.72 Å². The SMILES string of the molecule is O=C(NS(=O)(=O)c1cnn(Cc2ccccc2)c1)c1ccco1. The molecule has 0 radical (unpaired) electrons. The number of benzene rings is 1. The highest BCUT2D eigenvalue weighted by Gasteiger charge is 2.21. The summed E-state index contributed by atoms with van der Waals surface area (Å²) < 4.78 is 32.6. The molecule has 0 saturated carbocycles. The Labute approximate surface area is 132 Å². The molecule has 118 valence electrons. The molecule has 2 heterocycles. The van der Waals surface area contributed by atoms with Gasteiger partial charge >= 0.3 is 5.91 Å². The molecule has 0 fully saturated rings. The quantitative estimate of drug-likeness (QED) is 0.767. The molecule has 0 aliphatic rings. The maximum Gasteiger partial charge on any atom is 0.300 e. The maximum absolute atomic E-state index is 12.2. The van der Waals surface area contributed by atoms with E-state index in [-0.39, 0.29) is 10.7 Å². The van der Waals surface area contributed by atoms with E-state index in [1.165, 1.54) is 35.5 Å². The van der Waals surface area contributed by atoms with Crippen LogP contribution in [0.5, 0.6) is 0 Å². The summed E-state index contributed by atoms with van der Waals surface area (Å²) in [6.45, 7) is 0.433. The van der Waals surface area contributed by atoms with Crippen molar-refractivity contribution in [3.8, 4) is 0 Å². The fourth-order valence-corrected chi connectivity index (χ4v) is 2.89. The van der Waals surface area contributed by atoms with Crippen molar-refractivity contribution in [2.45, 2.75) is 11.4 Å². The van der Waals surface area contributed by atoms with Crippen LogP contribution in [-0.2, 0) is 16.6 Å². The van der Waals surface area contributed by atoms with Gasteiger partial charge in [0, 0.05) is 6.20 Å². The van der Waals surface area contributed by atoms with Crippen LogP contribution in [-0.4, -0.2) is 24.1 Å². The van der Waals surface area contributed by atoms with Crippen LogP contribution in [0.3, 0.4) is 0 Å². The van der Waals surface area contributed by atoms with E-state index in [0.29, 0.717) is 6.54 Å². The first kappa shape index (κ1) is 15.0. The summed E-state index contributed by atoms with van der Waals surface area (Å²) >= 11 is 0. The summed E-state index contributed by atoms with van der Waals surface area (Å²) in [5, 5.41) is 4.01. The van der Waals surface area contributed by atoms with Gasteiger partial charge in [-0.2, -0.15) is 5.10 Å². The smallest absolute Gasteiger partial charge is 0.300 e. The van der Waals surface area contributed by atoms with Gasteiger partial charge in [0.15, 0.2) is 5.76 Å². The van der Waals surface area contributed by atoms with E-state index >= 15 is 0 Å². The van der Waals surface area contributed by atoms with Gasteiger partial charge in [0.2, 0.25) is 0 Å². The lowest BCUT2D eigenvalue weighted by molar-refractivity contribution is 0.0954. The molecular formula is C15H13N3O4S. The third-order valence-corrected chi connectivity index (χ3v) is 4.36. The van der Waals surface area contributed by atoms with Gasteiger partial charge in [-0.05, 0) is 17.7 Å². The Bertz CT molecular complexity index is 899. The first-order valence-corrected chi connectivity index (χ1v) is 8.20. The van der Waals surface area contributed by atoms with E-state index in [9.17, 15) is 13.2 Å². The van der Waals surface area contributed by atoms with Gasteiger partial charge in [0.25, 0.3) is 10.0 Å². The molecule has 3 rings (SSSR count). The summed E-state index contributed by atoms with van der Waals surface area (Å²) in [6.07, 6.45) is 3.85. The van der Waals surface area contributed by atoms with Crippen LogP contribution in [0.25, 0.3) is 0 Å². The first-order chi connectivity index (χ1) is 11.0. The average Bonchev–Trinajstić information content (AvgIpc) is 3.19. The third-order valence-electron chi connectivity index (χ3n) is 3.08. The second kappa shape index (κ2) is 6.09. The fraction of sp³-hybridized carbons (Fsp3) is 0.0667. The van der Waals surface area contributed by atoms with Gasteiger partial charge in [-0.15, -0.1) is 0 Å². The molecule has 0 aliphatic heterocycles. The Hall–Kier alpha value is -2.87. The zero-order valence-corrected chi connectivity index (χ0v) is 12.7. The van der Waals surface area contributed by atoms with Gasteiger partial charge < -0.3 is 4.42 Å². The van der Waals surface area contributed by atoms with Crippen molar-refractivity contribution in [3.63, 3.8) is 0 Å². The fourth-order valence-electron chi connectivity index (χ4n) is 1.98. The number of rotatable bonds is 5. The Morgan fingerprint density at radius 3 is 2.65 bits per heavy atom. The largest absolute Gasteiger partial charge is 0.459 e. The average molecular weight is 331 g/mol. The minimum atomic E-state index is -4.00. The van der Waals surface area contributed by atoms with Crippen molar-refractivity contribution in [1.82, 2.24) is 14.5 Å². The van der Waals surface area contributed by atoms with Crippen molar-refractivity contribution in [3.05, 3.63) is 72.4 Å². The van der Waals surface area contributed by atoms with E-state index in [2.05, 4.69) is 5.10 Å². The highest BCUT2D eigenvalue weighted by atomic mass is 32.2. The number of amides is 1. The van der Waals surface area contributed by atoms with Crippen LogP contribution in [0.4, 0.5) is 0 Å². The van der Waals surface area contributed by atoms with Gasteiger partial charge in [-0.25, -0.2) is 13.1 Å². The topological polar surface area (TPSA) is 94.2 Å². The van der Waals surface area contributed by atoms with E-state index in [1.54, 1.807) is 0 Å². The van der Waals surface area contributed by atoms with Crippen LogP contribution in [0.15, 0.2) is 70.4 Å². The van der Waals surface area contributed by atoms with E-state index in [4.69, 9.17) is 4.42 Å². The second-order valence-corrected chi connectivity index (χ2v) is 6.45. The third kappa shape index (κ3) is 3.49. The number of sulfonamides is 1. The second-order valence-electron chi connectivity index (χ2n) is 4.77. The van der Waals surface area contributed by atoms with Gasteiger partial charge in [-0.3, -0.25) is 9.48 Å². The van der Waals surface area contributed by atoms with Crippen molar-refractivity contribution in [2.24, 2.45) is 0 Å². The zero-order chi connectivity index (χ0) is 16.3. The van der Waals surface area contributed by atoms with Crippen LogP contribution >= 0.6 is 0 Å². The predicted octanol–water partition coefficient (Wildman–Crippen LogP) is 1.64. The number of nitrogens with zero attached hydrogens (tertiary/aromatic N) is 2. The lowest BCUT2D eigenvalue weighted by atomic mass is 10.2. The van der Waals surface area contributed by atoms with Gasteiger partial charge in [0.05, 0.1) is 19.0 Å². The minimum absolute atomic E-state index is 0.0785. The molecule has 8 heteroatoms. The van der Waals surface area contributed by atoms with Crippen molar-refractivity contribution in [2.75, 3.05) is 0 Å². The highest BCUT2D eigenvalue weighted by molar-refractivity contribution is 7.90. The molecule has 1 N–H and O–H groups in total. The molecule has 0 spiro atoms. The van der Waals surface area contributed by atoms with Gasteiger partial charge in [-0.1, -0.05) is 30.3 Å². The maximum atomic E-state index is 12.2. The molecule has 0 unspecified atom stereocenters. The zero-order valence-electron chi connectivity index (χ0n) is 11.9. The number of aromatic nitrogens is 2. The Kier molecular flexibility index (Phi) is 3.98. The van der Waals surface area contributed by atoms with E-state index < -0.39 is 15.9 Å². The molecular weight excluding hydrogens is 318 g/mol. The van der Waals surface area contributed by atoms with E-state index in [0.717, 1.165) is 5.56 Å². The molecule has 0 atom stereocenters. The Balaban J connectivity index is 1.75. The molecule has 3 aromatic rings.